The van der Waals surface area contributed by atoms with Gasteiger partial charge >= 0.3 is 0 Å². The summed E-state index contributed by atoms with van der Waals surface area (Å²) < 4.78 is 4.19. The second-order valence-electron chi connectivity index (χ2n) is 4.56. The van der Waals surface area contributed by atoms with E-state index in [0.717, 1.165) is 16.1 Å². The molecule has 0 atom stereocenters. The highest BCUT2D eigenvalue weighted by atomic mass is 32.1. The lowest BCUT2D eigenvalue weighted by atomic mass is 10.1. The molecule has 104 valence electrons. The topological polar surface area (TPSA) is 54.9 Å². The zero-order chi connectivity index (χ0) is 14.7. The average molecular weight is 295 g/mol. The molecule has 0 fully saturated rings. The summed E-state index contributed by atoms with van der Waals surface area (Å²) in [5.41, 5.74) is 2.55. The number of amides is 1. The maximum absolute atomic E-state index is 12.2. The van der Waals surface area contributed by atoms with E-state index < -0.39 is 0 Å². The molecule has 3 aromatic rings. The number of anilines is 1. The standard InChI is InChI=1S/C16H13N3OS/c1-11-7-5-6-10-13(11)14(20)17-16-18-15(21-19-16)12-8-3-2-4-9-12/h2-10H,1H3,(H,17,19,20). The maximum Gasteiger partial charge on any atom is 0.258 e. The molecule has 0 aliphatic rings. The van der Waals surface area contributed by atoms with E-state index in [-0.39, 0.29) is 5.91 Å². The number of nitrogens with one attached hydrogen (secondary N) is 1. The van der Waals surface area contributed by atoms with Crippen LogP contribution in [0.15, 0.2) is 54.6 Å². The number of hydrogen-bond acceptors (Lipinski definition) is 4. The minimum Gasteiger partial charge on any atom is -0.290 e. The molecule has 0 aliphatic heterocycles. The monoisotopic (exact) mass is 295 g/mol. The van der Waals surface area contributed by atoms with Crippen LogP contribution < -0.4 is 5.32 Å². The second-order valence-corrected chi connectivity index (χ2v) is 5.31. The third kappa shape index (κ3) is 2.98. The first-order chi connectivity index (χ1) is 10.2. The number of aryl methyl sites for hydroxylation is 1. The van der Waals surface area contributed by atoms with Crippen molar-refractivity contribution in [3.8, 4) is 10.6 Å². The molecule has 2 aromatic carbocycles. The molecule has 1 N–H and O–H groups in total. The zero-order valence-corrected chi connectivity index (χ0v) is 12.2. The minimum absolute atomic E-state index is 0.189. The SMILES string of the molecule is Cc1ccccc1C(=O)Nc1nsc(-c2ccccc2)n1. The van der Waals surface area contributed by atoms with Crippen LogP contribution in [0.5, 0.6) is 0 Å². The number of carbonyl (C=O) groups excluding carboxylic acids is 1. The highest BCUT2D eigenvalue weighted by Gasteiger charge is 2.12. The first kappa shape index (κ1) is 13.5. The van der Waals surface area contributed by atoms with Crippen molar-refractivity contribution in [3.63, 3.8) is 0 Å². The fourth-order valence-corrected chi connectivity index (χ4v) is 2.60. The van der Waals surface area contributed by atoms with Crippen LogP contribution in [-0.4, -0.2) is 15.3 Å². The molecule has 3 rings (SSSR count). The van der Waals surface area contributed by atoms with E-state index in [1.54, 1.807) is 6.07 Å². The molecule has 4 nitrogen and oxygen atoms in total. The summed E-state index contributed by atoms with van der Waals surface area (Å²) in [7, 11) is 0. The molecule has 1 aromatic heterocycles. The molecular weight excluding hydrogens is 282 g/mol. The van der Waals surface area contributed by atoms with Gasteiger partial charge in [-0.25, -0.2) is 0 Å². The predicted octanol–water partition coefficient (Wildman–Crippen LogP) is 3.77. The lowest BCUT2D eigenvalue weighted by Crippen LogP contribution is -2.14. The van der Waals surface area contributed by atoms with E-state index >= 15 is 0 Å². The molecule has 0 unspecified atom stereocenters. The molecule has 0 saturated carbocycles. The largest absolute Gasteiger partial charge is 0.290 e. The van der Waals surface area contributed by atoms with Crippen molar-refractivity contribution in [1.82, 2.24) is 9.36 Å². The number of aromatic nitrogens is 2. The third-order valence-corrected chi connectivity index (χ3v) is 3.83. The van der Waals surface area contributed by atoms with Gasteiger partial charge in [-0.2, -0.15) is 9.36 Å². The summed E-state index contributed by atoms with van der Waals surface area (Å²) in [6.45, 7) is 1.90. The Bertz CT molecular complexity index is 768. The molecule has 0 bridgehead atoms. The van der Waals surface area contributed by atoms with Crippen LogP contribution in [0.3, 0.4) is 0 Å². The number of rotatable bonds is 3. The van der Waals surface area contributed by atoms with E-state index in [1.807, 2.05) is 55.5 Å². The highest BCUT2D eigenvalue weighted by Crippen LogP contribution is 2.22. The van der Waals surface area contributed by atoms with Gasteiger partial charge in [-0.05, 0) is 30.1 Å². The van der Waals surface area contributed by atoms with Crippen molar-refractivity contribution in [1.29, 1.82) is 0 Å². The molecule has 0 aliphatic carbocycles. The van der Waals surface area contributed by atoms with E-state index in [0.29, 0.717) is 11.5 Å². The number of carbonyl (C=O) groups is 1. The summed E-state index contributed by atoms with van der Waals surface area (Å²) in [5.74, 6) is 0.151. The van der Waals surface area contributed by atoms with Crippen molar-refractivity contribution in [2.24, 2.45) is 0 Å². The van der Waals surface area contributed by atoms with Crippen LogP contribution in [0.1, 0.15) is 15.9 Å². The fourth-order valence-electron chi connectivity index (χ4n) is 1.97. The van der Waals surface area contributed by atoms with Gasteiger partial charge in [-0.15, -0.1) is 0 Å². The van der Waals surface area contributed by atoms with Gasteiger partial charge < -0.3 is 0 Å². The zero-order valence-electron chi connectivity index (χ0n) is 11.4. The van der Waals surface area contributed by atoms with Crippen molar-refractivity contribution >= 4 is 23.4 Å². The van der Waals surface area contributed by atoms with Gasteiger partial charge in [0.1, 0.15) is 5.01 Å². The van der Waals surface area contributed by atoms with Gasteiger partial charge in [-0.1, -0.05) is 48.5 Å². The Kier molecular flexibility index (Phi) is 3.75. The first-order valence-electron chi connectivity index (χ1n) is 6.50. The Labute approximate surface area is 126 Å². The van der Waals surface area contributed by atoms with Crippen LogP contribution in [-0.2, 0) is 0 Å². The third-order valence-electron chi connectivity index (χ3n) is 3.06. The normalized spacial score (nSPS) is 10.3. The smallest absolute Gasteiger partial charge is 0.258 e. The fraction of sp³-hybridized carbons (Fsp3) is 0.0625. The lowest BCUT2D eigenvalue weighted by Gasteiger charge is -2.03. The van der Waals surface area contributed by atoms with Gasteiger partial charge in [-0.3, -0.25) is 10.1 Å². The van der Waals surface area contributed by atoms with Crippen LogP contribution >= 0.6 is 11.5 Å². The Morgan fingerprint density at radius 1 is 1.05 bits per heavy atom. The molecular formula is C16H13N3OS. The lowest BCUT2D eigenvalue weighted by molar-refractivity contribution is 0.102. The first-order valence-corrected chi connectivity index (χ1v) is 7.27. The van der Waals surface area contributed by atoms with Crippen molar-refractivity contribution in [3.05, 3.63) is 65.7 Å². The Morgan fingerprint density at radius 2 is 1.76 bits per heavy atom. The van der Waals surface area contributed by atoms with Crippen LogP contribution in [0.25, 0.3) is 10.6 Å². The molecule has 1 heterocycles. The van der Waals surface area contributed by atoms with Gasteiger partial charge in [0.2, 0.25) is 5.95 Å². The van der Waals surface area contributed by atoms with Crippen LogP contribution in [0.2, 0.25) is 0 Å². The molecule has 0 radical (unpaired) electrons. The molecule has 5 heteroatoms. The van der Waals surface area contributed by atoms with E-state index in [4.69, 9.17) is 0 Å². The Hall–Kier alpha value is -2.53. The van der Waals surface area contributed by atoms with E-state index in [2.05, 4.69) is 14.7 Å². The number of nitrogens with zero attached hydrogens (tertiary/aromatic N) is 2. The molecule has 1 amide bonds. The van der Waals surface area contributed by atoms with Crippen molar-refractivity contribution in [2.45, 2.75) is 6.92 Å². The van der Waals surface area contributed by atoms with Gasteiger partial charge in [0, 0.05) is 11.1 Å². The summed E-state index contributed by atoms with van der Waals surface area (Å²) in [5, 5.41) is 3.53. The Balaban J connectivity index is 1.79. The molecule has 0 spiro atoms. The van der Waals surface area contributed by atoms with Gasteiger partial charge in [0.05, 0.1) is 0 Å². The van der Waals surface area contributed by atoms with Crippen molar-refractivity contribution < 1.29 is 4.79 Å². The summed E-state index contributed by atoms with van der Waals surface area (Å²) in [4.78, 5) is 16.5. The summed E-state index contributed by atoms with van der Waals surface area (Å²) in [6, 6.07) is 17.2. The van der Waals surface area contributed by atoms with Gasteiger partial charge in [0.15, 0.2) is 0 Å². The number of hydrogen-bond donors (Lipinski definition) is 1. The highest BCUT2D eigenvalue weighted by molar-refractivity contribution is 7.09. The van der Waals surface area contributed by atoms with Crippen molar-refractivity contribution in [2.75, 3.05) is 5.32 Å². The predicted molar refractivity (Wildman–Crippen MR) is 84.5 cm³/mol. The van der Waals surface area contributed by atoms with Crippen LogP contribution in [0.4, 0.5) is 5.95 Å². The maximum atomic E-state index is 12.2. The molecule has 0 saturated heterocycles. The summed E-state index contributed by atoms with van der Waals surface area (Å²) >= 11 is 1.27. The van der Waals surface area contributed by atoms with Crippen LogP contribution in [0, 0.1) is 6.92 Å². The average Bonchev–Trinajstić information content (AvgIpc) is 2.97. The van der Waals surface area contributed by atoms with E-state index in [1.165, 1.54) is 11.5 Å². The Morgan fingerprint density at radius 3 is 2.52 bits per heavy atom. The molecule has 21 heavy (non-hydrogen) atoms. The minimum atomic E-state index is -0.189. The van der Waals surface area contributed by atoms with Gasteiger partial charge in [0.25, 0.3) is 5.91 Å². The quantitative estimate of drug-likeness (QED) is 0.800. The summed E-state index contributed by atoms with van der Waals surface area (Å²) in [6.07, 6.45) is 0. The van der Waals surface area contributed by atoms with E-state index in [9.17, 15) is 4.79 Å². The second kappa shape index (κ2) is 5.85. The number of benzene rings is 2.